The molecule has 28 heavy (non-hydrogen) atoms. The number of aromatic amines is 1. The lowest BCUT2D eigenvalue weighted by atomic mass is 10.0. The Morgan fingerprint density at radius 2 is 2.00 bits per heavy atom. The Morgan fingerprint density at radius 3 is 2.75 bits per heavy atom. The van der Waals surface area contributed by atoms with E-state index in [4.69, 9.17) is 5.11 Å². The molecule has 0 fully saturated rings. The van der Waals surface area contributed by atoms with E-state index >= 15 is 0 Å². The standard InChI is InChI=1S/C18H15F3N4O3/c19-18(20,21)28-15-7-2-1-6-14(15)12-4-3-5-13(10-12)25-11-23-16(24-25)17(27)22-8-9-26/h1-7,10-11,26H,8-9H2,(H,22,27)/p+1. The van der Waals surface area contributed by atoms with E-state index in [1.54, 1.807) is 30.3 Å². The molecule has 3 rings (SSSR count). The molecule has 0 aliphatic rings. The largest absolute Gasteiger partial charge is 0.573 e. The zero-order valence-corrected chi connectivity index (χ0v) is 14.4. The molecule has 0 saturated heterocycles. The van der Waals surface area contributed by atoms with Gasteiger partial charge < -0.3 is 15.2 Å². The number of rotatable bonds is 6. The molecule has 0 spiro atoms. The number of halogens is 3. The van der Waals surface area contributed by atoms with Crippen molar-refractivity contribution in [3.8, 4) is 22.6 Å². The van der Waals surface area contributed by atoms with Crippen LogP contribution in [0.4, 0.5) is 13.2 Å². The fourth-order valence-corrected chi connectivity index (χ4v) is 2.52. The van der Waals surface area contributed by atoms with E-state index in [0.717, 1.165) is 0 Å². The molecule has 0 atom stereocenters. The minimum atomic E-state index is -4.80. The summed E-state index contributed by atoms with van der Waals surface area (Å²) in [6, 6.07) is 12.5. The maximum absolute atomic E-state index is 12.7. The Morgan fingerprint density at radius 1 is 1.21 bits per heavy atom. The molecule has 1 heterocycles. The number of para-hydroxylation sites is 1. The van der Waals surface area contributed by atoms with Crippen LogP contribution in [0.1, 0.15) is 10.6 Å². The van der Waals surface area contributed by atoms with Crippen molar-refractivity contribution in [2.75, 3.05) is 13.2 Å². The van der Waals surface area contributed by atoms with Gasteiger partial charge in [0.15, 0.2) is 5.69 Å². The summed E-state index contributed by atoms with van der Waals surface area (Å²) in [5.41, 5.74) is 1.31. The van der Waals surface area contributed by atoms with Crippen LogP contribution in [0.15, 0.2) is 54.9 Å². The Labute approximate surface area is 157 Å². The molecule has 0 aliphatic carbocycles. The van der Waals surface area contributed by atoms with E-state index in [2.05, 4.69) is 20.1 Å². The van der Waals surface area contributed by atoms with Gasteiger partial charge in [-0.25, -0.2) is 0 Å². The van der Waals surface area contributed by atoms with Gasteiger partial charge in [0.05, 0.1) is 6.61 Å². The summed E-state index contributed by atoms with van der Waals surface area (Å²) in [5.74, 6) is -0.779. The van der Waals surface area contributed by atoms with E-state index < -0.39 is 12.3 Å². The topological polar surface area (TPSA) is 91.1 Å². The number of aliphatic hydroxyl groups excluding tert-OH is 1. The van der Waals surface area contributed by atoms with Crippen LogP contribution in [0.5, 0.6) is 5.75 Å². The number of amides is 1. The average molecular weight is 393 g/mol. The van der Waals surface area contributed by atoms with E-state index in [1.165, 1.54) is 29.2 Å². The number of carbonyl (C=O) groups excluding carboxylic acids is 1. The second-order valence-corrected chi connectivity index (χ2v) is 5.65. The van der Waals surface area contributed by atoms with Gasteiger partial charge in [0, 0.05) is 12.1 Å². The first-order valence-electron chi connectivity index (χ1n) is 8.19. The highest BCUT2D eigenvalue weighted by molar-refractivity contribution is 5.90. The van der Waals surface area contributed by atoms with Gasteiger partial charge in [0.25, 0.3) is 0 Å². The van der Waals surface area contributed by atoms with Crippen LogP contribution in [-0.2, 0) is 0 Å². The van der Waals surface area contributed by atoms with Crippen molar-refractivity contribution in [3.05, 3.63) is 60.7 Å². The van der Waals surface area contributed by atoms with Gasteiger partial charge in [-0.2, -0.15) is 5.10 Å². The van der Waals surface area contributed by atoms with E-state index in [0.29, 0.717) is 11.3 Å². The Hall–Kier alpha value is -3.40. The molecule has 0 bridgehead atoms. The Kier molecular flexibility index (Phi) is 5.59. The van der Waals surface area contributed by atoms with E-state index in [9.17, 15) is 18.0 Å². The minimum Gasteiger partial charge on any atom is -0.405 e. The number of nitrogens with one attached hydrogen (secondary N) is 2. The molecule has 7 nitrogen and oxygen atoms in total. The normalized spacial score (nSPS) is 11.3. The quantitative estimate of drug-likeness (QED) is 0.559. The van der Waals surface area contributed by atoms with Gasteiger partial charge >= 0.3 is 24.4 Å². The number of H-pyrrole nitrogens is 1. The van der Waals surface area contributed by atoms with Gasteiger partial charge in [0.2, 0.25) is 0 Å². The van der Waals surface area contributed by atoms with Gasteiger partial charge in [-0.1, -0.05) is 30.3 Å². The second-order valence-electron chi connectivity index (χ2n) is 5.65. The molecule has 146 valence electrons. The van der Waals surface area contributed by atoms with Crippen LogP contribution in [0.2, 0.25) is 0 Å². The first-order valence-corrected chi connectivity index (χ1v) is 8.19. The van der Waals surface area contributed by atoms with Crippen LogP contribution in [-0.4, -0.2) is 40.6 Å². The Balaban J connectivity index is 1.90. The monoisotopic (exact) mass is 393 g/mol. The van der Waals surface area contributed by atoms with Crippen molar-refractivity contribution in [3.63, 3.8) is 0 Å². The SMILES string of the molecule is O=C(NCCO)c1nc[n+](-c2cccc(-c3ccccc3OC(F)(F)F)c2)[nH]1. The highest BCUT2D eigenvalue weighted by Gasteiger charge is 2.32. The molecular formula is C18H16F3N4O3+. The zero-order valence-electron chi connectivity index (χ0n) is 14.4. The molecule has 1 aromatic heterocycles. The number of aliphatic hydroxyl groups is 1. The Bertz CT molecular complexity index is 972. The minimum absolute atomic E-state index is 0.0275. The zero-order chi connectivity index (χ0) is 20.1. The summed E-state index contributed by atoms with van der Waals surface area (Å²) >= 11 is 0. The van der Waals surface area contributed by atoms with Crippen molar-refractivity contribution >= 4 is 5.91 Å². The number of aromatic nitrogens is 3. The number of carbonyl (C=O) groups is 1. The van der Waals surface area contributed by atoms with Crippen LogP contribution in [0.3, 0.4) is 0 Å². The predicted molar refractivity (Wildman–Crippen MR) is 91.7 cm³/mol. The summed E-state index contributed by atoms with van der Waals surface area (Å²) in [6.45, 7) is -0.112. The number of ether oxygens (including phenoxy) is 1. The third-order valence-electron chi connectivity index (χ3n) is 3.69. The van der Waals surface area contributed by atoms with Crippen molar-refractivity contribution in [1.29, 1.82) is 0 Å². The van der Waals surface area contributed by atoms with Crippen LogP contribution in [0.25, 0.3) is 16.8 Å². The molecule has 3 aromatic rings. The number of hydrogen-bond acceptors (Lipinski definition) is 4. The van der Waals surface area contributed by atoms with Gasteiger partial charge in [-0.05, 0) is 28.7 Å². The third kappa shape index (κ3) is 4.65. The highest BCUT2D eigenvalue weighted by Crippen LogP contribution is 2.33. The van der Waals surface area contributed by atoms with Crippen molar-refractivity contribution in [2.45, 2.75) is 6.36 Å². The average Bonchev–Trinajstić information content (AvgIpc) is 3.16. The van der Waals surface area contributed by atoms with E-state index in [1.807, 2.05) is 0 Å². The first-order chi connectivity index (χ1) is 13.4. The fourth-order valence-electron chi connectivity index (χ4n) is 2.52. The summed E-state index contributed by atoms with van der Waals surface area (Å²) < 4.78 is 43.5. The summed E-state index contributed by atoms with van der Waals surface area (Å²) in [4.78, 5) is 15.8. The molecule has 2 aromatic carbocycles. The molecule has 3 N–H and O–H groups in total. The van der Waals surface area contributed by atoms with E-state index in [-0.39, 0.29) is 30.3 Å². The summed E-state index contributed by atoms with van der Waals surface area (Å²) in [5, 5.41) is 14.0. The molecule has 1 amide bonds. The lowest BCUT2D eigenvalue weighted by Crippen LogP contribution is -2.34. The summed E-state index contributed by atoms with van der Waals surface area (Å²) in [6.07, 6.45) is -3.44. The lowest BCUT2D eigenvalue weighted by Gasteiger charge is -2.13. The first kappa shape index (κ1) is 19.4. The van der Waals surface area contributed by atoms with Crippen LogP contribution in [0, 0.1) is 0 Å². The highest BCUT2D eigenvalue weighted by atomic mass is 19.4. The smallest absolute Gasteiger partial charge is 0.405 e. The number of hydrogen-bond donors (Lipinski definition) is 3. The van der Waals surface area contributed by atoms with Crippen molar-refractivity contribution < 1.29 is 32.5 Å². The molecule has 0 aliphatic heterocycles. The molecule has 0 unspecified atom stereocenters. The number of benzene rings is 2. The van der Waals surface area contributed by atoms with Crippen LogP contribution >= 0.6 is 0 Å². The summed E-state index contributed by atoms with van der Waals surface area (Å²) in [7, 11) is 0. The molecule has 0 radical (unpaired) electrons. The van der Waals surface area contributed by atoms with Gasteiger partial charge in [-0.15, -0.1) is 17.9 Å². The number of nitrogens with zero attached hydrogens (tertiary/aromatic N) is 2. The predicted octanol–water partition coefficient (Wildman–Crippen LogP) is 1.97. The maximum Gasteiger partial charge on any atom is 0.573 e. The molecule has 10 heteroatoms. The third-order valence-corrected chi connectivity index (χ3v) is 3.69. The second kappa shape index (κ2) is 8.09. The van der Waals surface area contributed by atoms with Gasteiger partial charge in [0.1, 0.15) is 5.75 Å². The molecule has 0 saturated carbocycles. The van der Waals surface area contributed by atoms with Crippen molar-refractivity contribution in [1.82, 2.24) is 15.4 Å². The van der Waals surface area contributed by atoms with Crippen LogP contribution < -0.4 is 14.7 Å². The maximum atomic E-state index is 12.7. The van der Waals surface area contributed by atoms with Gasteiger partial charge in [-0.3, -0.25) is 4.79 Å². The molecular weight excluding hydrogens is 377 g/mol. The lowest BCUT2D eigenvalue weighted by molar-refractivity contribution is -0.656. The number of alkyl halides is 3. The fraction of sp³-hybridized carbons (Fsp3) is 0.167. The van der Waals surface area contributed by atoms with Crippen molar-refractivity contribution in [2.24, 2.45) is 0 Å².